The van der Waals surface area contributed by atoms with Crippen molar-refractivity contribution in [1.29, 1.82) is 10.5 Å². The van der Waals surface area contributed by atoms with E-state index >= 15 is 0 Å². The third kappa shape index (κ3) is 2.38. The molecule has 0 saturated heterocycles. The summed E-state index contributed by atoms with van der Waals surface area (Å²) in [5.74, 6) is -0.711. The summed E-state index contributed by atoms with van der Waals surface area (Å²) in [6, 6.07) is 16.9. The summed E-state index contributed by atoms with van der Waals surface area (Å²) in [5.41, 5.74) is -0.0664. The number of hydrogen-bond acceptors (Lipinski definition) is 4. The average molecular weight is 357 g/mol. The number of halogens is 1. The van der Waals surface area contributed by atoms with Gasteiger partial charge in [0.05, 0.1) is 17.0 Å². The van der Waals surface area contributed by atoms with Gasteiger partial charge in [-0.15, -0.1) is 0 Å². The van der Waals surface area contributed by atoms with Crippen LogP contribution in [0.15, 0.2) is 53.4 Å². The second-order valence-corrected chi connectivity index (χ2v) is 8.41. The summed E-state index contributed by atoms with van der Waals surface area (Å²) in [7, 11) is -3.81. The molecule has 120 valence electrons. The van der Waals surface area contributed by atoms with E-state index in [1.807, 2.05) is 19.1 Å². The van der Waals surface area contributed by atoms with Crippen molar-refractivity contribution < 1.29 is 8.42 Å². The molecule has 0 aliphatic heterocycles. The first-order valence-electron chi connectivity index (χ1n) is 7.25. The van der Waals surface area contributed by atoms with Crippen molar-refractivity contribution in [1.82, 2.24) is 0 Å². The Balaban J connectivity index is 2.11. The molecular formula is C18H13ClN2O2S. The molecule has 1 aliphatic rings. The molecule has 6 heteroatoms. The lowest BCUT2D eigenvalue weighted by Gasteiger charge is -2.04. The van der Waals surface area contributed by atoms with Crippen molar-refractivity contribution in [3.8, 4) is 12.1 Å². The molecule has 4 nitrogen and oxygen atoms in total. The van der Waals surface area contributed by atoms with Crippen molar-refractivity contribution in [3.63, 3.8) is 0 Å². The molecule has 2 aromatic carbocycles. The molecule has 0 N–H and O–H groups in total. The van der Waals surface area contributed by atoms with Gasteiger partial charge in [0.2, 0.25) is 0 Å². The van der Waals surface area contributed by atoms with Crippen LogP contribution in [-0.4, -0.2) is 13.7 Å². The summed E-state index contributed by atoms with van der Waals surface area (Å²) in [6.45, 7) is 1.86. The van der Waals surface area contributed by atoms with Crippen LogP contribution in [0.3, 0.4) is 0 Å². The quantitative estimate of drug-likeness (QED) is 0.840. The van der Waals surface area contributed by atoms with E-state index < -0.39 is 26.4 Å². The lowest BCUT2D eigenvalue weighted by molar-refractivity contribution is 0.591. The van der Waals surface area contributed by atoms with Gasteiger partial charge in [-0.1, -0.05) is 41.4 Å². The molecule has 0 unspecified atom stereocenters. The highest BCUT2D eigenvalue weighted by molar-refractivity contribution is 7.92. The Kier molecular flexibility index (Phi) is 3.87. The highest BCUT2D eigenvalue weighted by Crippen LogP contribution is 2.63. The van der Waals surface area contributed by atoms with Crippen LogP contribution in [-0.2, 0) is 9.84 Å². The molecule has 24 heavy (non-hydrogen) atoms. The summed E-state index contributed by atoms with van der Waals surface area (Å²) in [6.07, 6.45) is 0. The Labute approximate surface area is 145 Å². The Morgan fingerprint density at radius 1 is 1.08 bits per heavy atom. The number of rotatable bonds is 3. The van der Waals surface area contributed by atoms with Crippen molar-refractivity contribution >= 4 is 21.4 Å². The molecule has 2 aromatic rings. The van der Waals surface area contributed by atoms with Crippen LogP contribution in [0.1, 0.15) is 17.0 Å². The van der Waals surface area contributed by atoms with Gasteiger partial charge < -0.3 is 0 Å². The maximum Gasteiger partial charge on any atom is 0.184 e. The SMILES string of the molecule is Cc1ccc(S(=O)(=O)[C@H]2[C@@H](c3cccc(Cl)c3)C2(C#N)C#N)cc1. The molecule has 0 spiro atoms. The Morgan fingerprint density at radius 2 is 1.71 bits per heavy atom. The van der Waals surface area contributed by atoms with Crippen molar-refractivity contribution in [3.05, 3.63) is 64.7 Å². The number of aryl methyl sites for hydroxylation is 1. The van der Waals surface area contributed by atoms with E-state index in [0.29, 0.717) is 10.6 Å². The molecule has 1 fully saturated rings. The number of hydrogen-bond donors (Lipinski definition) is 0. The smallest absolute Gasteiger partial charge is 0.184 e. The van der Waals surface area contributed by atoms with Crippen LogP contribution in [0, 0.1) is 35.0 Å². The summed E-state index contributed by atoms with van der Waals surface area (Å²) in [4.78, 5) is 0.123. The lowest BCUT2D eigenvalue weighted by atomic mass is 10.0. The fourth-order valence-corrected chi connectivity index (χ4v) is 5.48. The predicted molar refractivity (Wildman–Crippen MR) is 90.0 cm³/mol. The molecular weight excluding hydrogens is 344 g/mol. The van der Waals surface area contributed by atoms with E-state index in [1.165, 1.54) is 12.1 Å². The van der Waals surface area contributed by atoms with Gasteiger partial charge in [-0.3, -0.25) is 0 Å². The first-order valence-corrected chi connectivity index (χ1v) is 9.18. The second kappa shape index (κ2) is 5.63. The van der Waals surface area contributed by atoms with Gasteiger partial charge in [0.25, 0.3) is 0 Å². The van der Waals surface area contributed by atoms with Crippen LogP contribution in [0.25, 0.3) is 0 Å². The molecule has 1 saturated carbocycles. The number of nitriles is 2. The second-order valence-electron chi connectivity index (χ2n) is 5.90. The zero-order valence-corrected chi connectivity index (χ0v) is 14.3. The maximum absolute atomic E-state index is 13.0. The van der Waals surface area contributed by atoms with Crippen LogP contribution < -0.4 is 0 Å². The van der Waals surface area contributed by atoms with E-state index in [4.69, 9.17) is 11.6 Å². The maximum atomic E-state index is 13.0. The minimum absolute atomic E-state index is 0.123. The van der Waals surface area contributed by atoms with Gasteiger partial charge in [0.1, 0.15) is 5.25 Å². The monoisotopic (exact) mass is 356 g/mol. The third-order valence-electron chi connectivity index (χ3n) is 4.39. The van der Waals surface area contributed by atoms with Crippen LogP contribution >= 0.6 is 11.6 Å². The zero-order chi connectivity index (χ0) is 17.5. The molecule has 3 rings (SSSR count). The van der Waals surface area contributed by atoms with Gasteiger partial charge in [-0.05, 0) is 36.8 Å². The molecule has 2 atom stereocenters. The molecule has 0 bridgehead atoms. The zero-order valence-electron chi connectivity index (χ0n) is 12.8. The summed E-state index contributed by atoms with van der Waals surface area (Å²) < 4.78 is 25.9. The minimum Gasteiger partial charge on any atom is -0.223 e. The van der Waals surface area contributed by atoms with Gasteiger partial charge in [-0.25, -0.2) is 8.42 Å². The van der Waals surface area contributed by atoms with E-state index in [0.717, 1.165) is 5.56 Å². The molecule has 1 aliphatic carbocycles. The highest BCUT2D eigenvalue weighted by atomic mass is 35.5. The van der Waals surface area contributed by atoms with E-state index in [1.54, 1.807) is 36.4 Å². The third-order valence-corrected chi connectivity index (χ3v) is 6.87. The van der Waals surface area contributed by atoms with Gasteiger partial charge in [0.15, 0.2) is 15.3 Å². The Morgan fingerprint density at radius 3 is 2.25 bits per heavy atom. The lowest BCUT2D eigenvalue weighted by Crippen LogP contribution is -2.14. The van der Waals surface area contributed by atoms with E-state index in [2.05, 4.69) is 0 Å². The normalized spacial score (nSPS) is 21.5. The van der Waals surface area contributed by atoms with Crippen LogP contribution in [0.2, 0.25) is 5.02 Å². The van der Waals surface area contributed by atoms with Crippen LogP contribution in [0.4, 0.5) is 0 Å². The first kappa shape index (κ1) is 16.5. The fourth-order valence-electron chi connectivity index (χ4n) is 3.08. The molecule has 0 radical (unpaired) electrons. The summed E-state index contributed by atoms with van der Waals surface area (Å²) in [5, 5.41) is 18.4. The van der Waals surface area contributed by atoms with E-state index in [-0.39, 0.29) is 4.90 Å². The topological polar surface area (TPSA) is 81.7 Å². The Bertz CT molecular complexity index is 971. The predicted octanol–water partition coefficient (Wildman–Crippen LogP) is 3.62. The average Bonchev–Trinajstić information content (AvgIpc) is 3.26. The Hall–Kier alpha value is -2.34. The highest BCUT2D eigenvalue weighted by Gasteiger charge is 2.73. The van der Waals surface area contributed by atoms with Crippen LogP contribution in [0.5, 0.6) is 0 Å². The molecule has 0 aromatic heterocycles. The number of sulfone groups is 1. The minimum atomic E-state index is -3.81. The van der Waals surface area contributed by atoms with Gasteiger partial charge >= 0.3 is 0 Å². The van der Waals surface area contributed by atoms with Gasteiger partial charge in [-0.2, -0.15) is 10.5 Å². The summed E-state index contributed by atoms with van der Waals surface area (Å²) >= 11 is 5.98. The van der Waals surface area contributed by atoms with Crippen molar-refractivity contribution in [2.24, 2.45) is 5.41 Å². The number of benzene rings is 2. The first-order chi connectivity index (χ1) is 11.4. The number of nitrogens with zero attached hydrogens (tertiary/aromatic N) is 2. The molecule has 0 amide bonds. The van der Waals surface area contributed by atoms with Gasteiger partial charge in [0, 0.05) is 10.9 Å². The van der Waals surface area contributed by atoms with Crippen molar-refractivity contribution in [2.75, 3.05) is 0 Å². The van der Waals surface area contributed by atoms with E-state index in [9.17, 15) is 18.9 Å². The fraction of sp³-hybridized carbons (Fsp3) is 0.222. The standard InChI is InChI=1S/C18H13ClN2O2S/c1-12-5-7-15(8-6-12)24(22,23)17-16(18(17,10-20)11-21)13-3-2-4-14(19)9-13/h2-9,16-17H,1H3/t16-,17+/m1/s1. The molecule has 0 heterocycles. The van der Waals surface area contributed by atoms with Crippen molar-refractivity contribution in [2.45, 2.75) is 23.0 Å². The largest absolute Gasteiger partial charge is 0.223 e.